The van der Waals surface area contributed by atoms with Crippen LogP contribution < -0.4 is 5.32 Å². The Morgan fingerprint density at radius 1 is 1.35 bits per heavy atom. The predicted octanol–water partition coefficient (Wildman–Crippen LogP) is 4.20. The molecule has 0 saturated carbocycles. The number of hydrogen-bond acceptors (Lipinski definition) is 2. The molecule has 2 rings (SSSR count). The molecule has 0 spiro atoms. The van der Waals surface area contributed by atoms with Gasteiger partial charge in [0.2, 0.25) is 0 Å². The summed E-state index contributed by atoms with van der Waals surface area (Å²) in [6.07, 6.45) is 1.70. The summed E-state index contributed by atoms with van der Waals surface area (Å²) in [6, 6.07) is 10.5. The maximum atomic E-state index is 5.36. The average Bonchev–Trinajstić information content (AvgIpc) is 2.81. The van der Waals surface area contributed by atoms with Crippen LogP contribution in [0.15, 0.2) is 45.5 Å². The molecule has 17 heavy (non-hydrogen) atoms. The lowest BCUT2D eigenvalue weighted by Gasteiger charge is -2.12. The molecule has 1 aromatic heterocycles. The molecular weight excluding hydrogens is 278 g/mol. The number of aryl methyl sites for hydroxylation is 1. The van der Waals surface area contributed by atoms with Crippen LogP contribution in [-0.2, 0) is 6.54 Å². The normalized spacial score (nSPS) is 12.6. The zero-order valence-electron chi connectivity index (χ0n) is 10.0. The topological polar surface area (TPSA) is 25.2 Å². The van der Waals surface area contributed by atoms with Crippen molar-refractivity contribution in [3.63, 3.8) is 0 Å². The number of hydrogen-bond donors (Lipinski definition) is 1. The maximum absolute atomic E-state index is 5.36. The van der Waals surface area contributed by atoms with Gasteiger partial charge in [-0.3, -0.25) is 0 Å². The minimum absolute atomic E-state index is 0.221. The fourth-order valence-electron chi connectivity index (χ4n) is 1.70. The third-order valence-electron chi connectivity index (χ3n) is 2.78. The van der Waals surface area contributed by atoms with E-state index < -0.39 is 0 Å². The lowest BCUT2D eigenvalue weighted by molar-refractivity contribution is 0.430. The van der Waals surface area contributed by atoms with Gasteiger partial charge < -0.3 is 9.73 Å². The Bertz CT molecular complexity index is 479. The number of furan rings is 1. The highest BCUT2D eigenvalue weighted by Gasteiger charge is 2.08. The van der Waals surface area contributed by atoms with E-state index in [0.717, 1.165) is 16.8 Å². The molecular formula is C14H16BrNO. The van der Waals surface area contributed by atoms with Gasteiger partial charge in [0.05, 0.1) is 12.3 Å². The van der Waals surface area contributed by atoms with Gasteiger partial charge in [-0.05, 0) is 43.2 Å². The van der Waals surface area contributed by atoms with Crippen molar-refractivity contribution in [2.24, 2.45) is 0 Å². The van der Waals surface area contributed by atoms with Crippen molar-refractivity contribution in [2.45, 2.75) is 26.4 Å². The van der Waals surface area contributed by atoms with E-state index in [4.69, 9.17) is 4.42 Å². The summed E-state index contributed by atoms with van der Waals surface area (Å²) >= 11 is 3.58. The van der Waals surface area contributed by atoms with Crippen LogP contribution in [0, 0.1) is 6.92 Å². The van der Waals surface area contributed by atoms with Gasteiger partial charge in [-0.15, -0.1) is 0 Å². The summed E-state index contributed by atoms with van der Waals surface area (Å²) in [4.78, 5) is 0. The fraction of sp³-hybridized carbons (Fsp3) is 0.286. The molecule has 1 aromatic carbocycles. The first-order chi connectivity index (χ1) is 8.16. The molecule has 90 valence electrons. The minimum atomic E-state index is 0.221. The smallest absolute Gasteiger partial charge is 0.120 e. The molecule has 3 heteroatoms. The van der Waals surface area contributed by atoms with Crippen molar-refractivity contribution >= 4 is 15.9 Å². The highest BCUT2D eigenvalue weighted by atomic mass is 79.9. The number of nitrogens with one attached hydrogen (secondary N) is 1. The van der Waals surface area contributed by atoms with Gasteiger partial charge in [-0.25, -0.2) is 0 Å². The monoisotopic (exact) mass is 293 g/mol. The largest absolute Gasteiger partial charge is 0.468 e. The van der Waals surface area contributed by atoms with Gasteiger partial charge in [-0.2, -0.15) is 0 Å². The lowest BCUT2D eigenvalue weighted by Crippen LogP contribution is -2.17. The second kappa shape index (κ2) is 5.52. The van der Waals surface area contributed by atoms with Gasteiger partial charge in [0, 0.05) is 11.0 Å². The summed E-state index contributed by atoms with van der Waals surface area (Å²) in [5.74, 6) is 0.966. The number of benzene rings is 1. The fourth-order valence-corrected chi connectivity index (χ4v) is 2.33. The summed E-state index contributed by atoms with van der Waals surface area (Å²) in [5.41, 5.74) is 2.52. The zero-order valence-corrected chi connectivity index (χ0v) is 11.6. The first kappa shape index (κ1) is 12.4. The molecule has 0 bridgehead atoms. The Balaban J connectivity index is 1.98. The van der Waals surface area contributed by atoms with Gasteiger partial charge in [0.1, 0.15) is 5.76 Å². The number of rotatable bonds is 4. The van der Waals surface area contributed by atoms with Gasteiger partial charge in [0.25, 0.3) is 0 Å². The lowest BCUT2D eigenvalue weighted by atomic mass is 10.1. The van der Waals surface area contributed by atoms with Crippen molar-refractivity contribution in [1.82, 2.24) is 5.32 Å². The second-order valence-electron chi connectivity index (χ2n) is 4.21. The summed E-state index contributed by atoms with van der Waals surface area (Å²) in [5, 5.41) is 3.44. The summed E-state index contributed by atoms with van der Waals surface area (Å²) in [6.45, 7) is 5.01. The Kier molecular flexibility index (Phi) is 4.02. The van der Waals surface area contributed by atoms with Crippen molar-refractivity contribution in [3.05, 3.63) is 58.0 Å². The van der Waals surface area contributed by atoms with E-state index in [1.165, 1.54) is 11.1 Å². The first-order valence-corrected chi connectivity index (χ1v) is 6.48. The van der Waals surface area contributed by atoms with E-state index in [9.17, 15) is 0 Å². The molecule has 0 saturated heterocycles. The maximum Gasteiger partial charge on any atom is 0.120 e. The van der Waals surface area contributed by atoms with Crippen molar-refractivity contribution in [3.8, 4) is 0 Å². The van der Waals surface area contributed by atoms with Crippen LogP contribution in [0.1, 0.15) is 29.9 Å². The third-order valence-corrected chi connectivity index (χ3v) is 3.52. The van der Waals surface area contributed by atoms with Gasteiger partial charge in [0.15, 0.2) is 0 Å². The molecule has 0 radical (unpaired) electrons. The summed E-state index contributed by atoms with van der Waals surface area (Å²) < 4.78 is 6.51. The Morgan fingerprint density at radius 2 is 2.18 bits per heavy atom. The molecule has 1 unspecified atom stereocenters. The Labute approximate surface area is 110 Å². The second-order valence-corrected chi connectivity index (χ2v) is 5.07. The predicted molar refractivity (Wildman–Crippen MR) is 72.8 cm³/mol. The van der Waals surface area contributed by atoms with E-state index in [2.05, 4.69) is 53.3 Å². The van der Waals surface area contributed by atoms with E-state index in [0.29, 0.717) is 0 Å². The van der Waals surface area contributed by atoms with E-state index in [1.54, 1.807) is 6.26 Å². The van der Waals surface area contributed by atoms with E-state index >= 15 is 0 Å². The molecule has 0 aliphatic heterocycles. The highest BCUT2D eigenvalue weighted by Crippen LogP contribution is 2.20. The van der Waals surface area contributed by atoms with Crippen LogP contribution >= 0.6 is 15.9 Å². The van der Waals surface area contributed by atoms with E-state index in [-0.39, 0.29) is 6.04 Å². The highest BCUT2D eigenvalue weighted by molar-refractivity contribution is 9.10. The summed E-state index contributed by atoms with van der Waals surface area (Å²) in [7, 11) is 0. The molecule has 1 N–H and O–H groups in total. The standard InChI is InChI=1S/C14H16BrNO/c1-10-5-6-12(13(15)8-10)9-16-11(2)14-4-3-7-17-14/h3-8,11,16H,9H2,1-2H3. The van der Waals surface area contributed by atoms with Crippen LogP contribution in [0.3, 0.4) is 0 Å². The molecule has 1 heterocycles. The first-order valence-electron chi connectivity index (χ1n) is 5.68. The van der Waals surface area contributed by atoms with Crippen LogP contribution in [-0.4, -0.2) is 0 Å². The quantitative estimate of drug-likeness (QED) is 0.914. The molecule has 0 aliphatic carbocycles. The zero-order chi connectivity index (χ0) is 12.3. The van der Waals surface area contributed by atoms with Crippen LogP contribution in [0.25, 0.3) is 0 Å². The van der Waals surface area contributed by atoms with E-state index in [1.807, 2.05) is 12.1 Å². The molecule has 0 fully saturated rings. The number of halogens is 1. The minimum Gasteiger partial charge on any atom is -0.468 e. The average molecular weight is 294 g/mol. The third kappa shape index (κ3) is 3.20. The molecule has 1 atom stereocenters. The van der Waals surface area contributed by atoms with Crippen molar-refractivity contribution < 1.29 is 4.42 Å². The molecule has 2 aromatic rings. The van der Waals surface area contributed by atoms with Crippen LogP contribution in [0.5, 0.6) is 0 Å². The van der Waals surface area contributed by atoms with Gasteiger partial charge in [-0.1, -0.05) is 28.1 Å². The Morgan fingerprint density at radius 3 is 2.82 bits per heavy atom. The van der Waals surface area contributed by atoms with Crippen molar-refractivity contribution in [1.29, 1.82) is 0 Å². The molecule has 0 aliphatic rings. The van der Waals surface area contributed by atoms with Crippen LogP contribution in [0.2, 0.25) is 0 Å². The van der Waals surface area contributed by atoms with Crippen LogP contribution in [0.4, 0.5) is 0 Å². The van der Waals surface area contributed by atoms with Crippen molar-refractivity contribution in [2.75, 3.05) is 0 Å². The SMILES string of the molecule is Cc1ccc(CNC(C)c2ccco2)c(Br)c1. The van der Waals surface area contributed by atoms with Gasteiger partial charge >= 0.3 is 0 Å². The Hall–Kier alpha value is -1.06. The molecule has 0 amide bonds. The molecule has 2 nitrogen and oxygen atoms in total.